The highest BCUT2D eigenvalue weighted by Crippen LogP contribution is 2.48. The van der Waals surface area contributed by atoms with Gasteiger partial charge in [0.1, 0.15) is 5.75 Å². The Labute approximate surface area is 213 Å². The van der Waals surface area contributed by atoms with Gasteiger partial charge in [-0.25, -0.2) is 0 Å². The second kappa shape index (κ2) is 12.6. The summed E-state index contributed by atoms with van der Waals surface area (Å²) in [6.45, 7) is 5.73. The molecule has 0 bridgehead atoms. The summed E-state index contributed by atoms with van der Waals surface area (Å²) in [4.78, 5) is 16.9. The van der Waals surface area contributed by atoms with E-state index >= 15 is 0 Å². The molecule has 2 aromatic rings. The molecule has 33 heavy (non-hydrogen) atoms. The van der Waals surface area contributed by atoms with Crippen LogP contribution in [0.4, 0.5) is 0 Å². The van der Waals surface area contributed by atoms with Crippen LogP contribution in [0.5, 0.6) is 5.75 Å². The molecule has 2 atom stereocenters. The van der Waals surface area contributed by atoms with Gasteiger partial charge in [0.05, 0.1) is 35.2 Å². The van der Waals surface area contributed by atoms with Crippen molar-refractivity contribution >= 4 is 43.7 Å². The number of rotatable bonds is 10. The lowest BCUT2D eigenvalue weighted by Gasteiger charge is -2.22. The van der Waals surface area contributed by atoms with Crippen LogP contribution in [0.2, 0.25) is 0 Å². The lowest BCUT2D eigenvalue weighted by molar-refractivity contribution is -0.146. The Balaban J connectivity index is 1.65. The summed E-state index contributed by atoms with van der Waals surface area (Å²) in [6.07, 6.45) is 3.38. The standard InChI is InChI=1S/C26H31Br2NO4/c1-4-18(26(30)31-3)19-12-13-20-21(19)16-22(27)24(23(20)28)33-15-9-14-29-25(32-5-2)17-10-7-6-8-11-17/h6-8,10-11,16,18-19H,4-5,9,12-15H2,1-3H3. The van der Waals surface area contributed by atoms with Crippen molar-refractivity contribution in [2.24, 2.45) is 10.9 Å². The van der Waals surface area contributed by atoms with E-state index in [1.54, 1.807) is 0 Å². The molecular formula is C26H31Br2NO4. The first-order valence-electron chi connectivity index (χ1n) is 11.5. The minimum Gasteiger partial charge on any atom is -0.491 e. The van der Waals surface area contributed by atoms with Gasteiger partial charge in [0.2, 0.25) is 5.90 Å². The van der Waals surface area contributed by atoms with Crippen molar-refractivity contribution in [2.75, 3.05) is 26.9 Å². The predicted octanol–water partition coefficient (Wildman–Crippen LogP) is 6.69. The van der Waals surface area contributed by atoms with Crippen LogP contribution in [0.1, 0.15) is 55.7 Å². The highest BCUT2D eigenvalue weighted by atomic mass is 79.9. The summed E-state index contributed by atoms with van der Waals surface area (Å²) in [5.74, 6) is 1.38. The smallest absolute Gasteiger partial charge is 0.309 e. The van der Waals surface area contributed by atoms with Crippen LogP contribution in [0.15, 0.2) is 50.3 Å². The quantitative estimate of drug-likeness (QED) is 0.136. The highest BCUT2D eigenvalue weighted by molar-refractivity contribution is 9.11. The van der Waals surface area contributed by atoms with Crippen molar-refractivity contribution in [1.82, 2.24) is 0 Å². The fraction of sp³-hybridized carbons (Fsp3) is 0.462. The minimum absolute atomic E-state index is 0.121. The largest absolute Gasteiger partial charge is 0.491 e. The number of halogens is 2. The zero-order chi connectivity index (χ0) is 23.8. The van der Waals surface area contributed by atoms with Crippen LogP contribution in [0.3, 0.4) is 0 Å². The SMILES string of the molecule is CCOC(=NCCCOc1c(Br)cc2c(c1Br)CCC2C(CC)C(=O)OC)c1ccccc1. The number of fused-ring (bicyclic) bond motifs is 1. The number of esters is 1. The fourth-order valence-corrected chi connectivity index (χ4v) is 5.95. The fourth-order valence-electron chi connectivity index (χ4n) is 4.37. The van der Waals surface area contributed by atoms with Crippen LogP contribution in [-0.2, 0) is 20.7 Å². The lowest BCUT2D eigenvalue weighted by Crippen LogP contribution is -2.21. The van der Waals surface area contributed by atoms with Crippen LogP contribution < -0.4 is 4.74 Å². The van der Waals surface area contributed by atoms with E-state index in [1.165, 1.54) is 18.2 Å². The third kappa shape index (κ3) is 6.18. The summed E-state index contributed by atoms with van der Waals surface area (Å²) in [5.41, 5.74) is 3.41. The zero-order valence-corrected chi connectivity index (χ0v) is 22.6. The summed E-state index contributed by atoms with van der Waals surface area (Å²) in [7, 11) is 1.46. The topological polar surface area (TPSA) is 57.1 Å². The van der Waals surface area contributed by atoms with E-state index < -0.39 is 0 Å². The molecule has 0 spiro atoms. The maximum atomic E-state index is 12.3. The Morgan fingerprint density at radius 1 is 1.21 bits per heavy atom. The molecular weight excluding hydrogens is 550 g/mol. The molecule has 0 N–H and O–H groups in total. The van der Waals surface area contributed by atoms with Crippen LogP contribution in [0, 0.1) is 5.92 Å². The van der Waals surface area contributed by atoms with Gasteiger partial charge < -0.3 is 14.2 Å². The number of benzene rings is 2. The molecule has 1 aliphatic rings. The third-order valence-electron chi connectivity index (χ3n) is 5.95. The Bertz CT molecular complexity index is 978. The van der Waals surface area contributed by atoms with E-state index in [1.807, 2.05) is 44.2 Å². The van der Waals surface area contributed by atoms with Crippen molar-refractivity contribution < 1.29 is 19.0 Å². The van der Waals surface area contributed by atoms with Crippen molar-refractivity contribution in [2.45, 2.75) is 45.4 Å². The van der Waals surface area contributed by atoms with Gasteiger partial charge in [-0.05, 0) is 93.3 Å². The van der Waals surface area contributed by atoms with Crippen LogP contribution in [0.25, 0.3) is 0 Å². The summed E-state index contributed by atoms with van der Waals surface area (Å²) >= 11 is 7.44. The molecule has 0 aromatic heterocycles. The molecule has 1 aliphatic carbocycles. The highest BCUT2D eigenvalue weighted by Gasteiger charge is 2.36. The number of carbonyl (C=O) groups is 1. The summed E-state index contributed by atoms with van der Waals surface area (Å²) in [5, 5.41) is 0. The van der Waals surface area contributed by atoms with Gasteiger partial charge in [-0.1, -0.05) is 25.1 Å². The molecule has 0 saturated heterocycles. The Morgan fingerprint density at radius 2 is 1.97 bits per heavy atom. The maximum Gasteiger partial charge on any atom is 0.309 e. The van der Waals surface area contributed by atoms with Crippen molar-refractivity contribution in [1.29, 1.82) is 0 Å². The average Bonchev–Trinajstić information content (AvgIpc) is 3.24. The molecule has 0 aliphatic heterocycles. The summed E-state index contributed by atoms with van der Waals surface area (Å²) < 4.78 is 18.7. The molecule has 0 fully saturated rings. The molecule has 0 amide bonds. The third-order valence-corrected chi connectivity index (χ3v) is 7.38. The first-order valence-corrected chi connectivity index (χ1v) is 13.0. The molecule has 3 rings (SSSR count). The van der Waals surface area contributed by atoms with Crippen molar-refractivity contribution in [3.63, 3.8) is 0 Å². The number of hydrogen-bond donors (Lipinski definition) is 0. The second-order valence-electron chi connectivity index (χ2n) is 7.94. The van der Waals surface area contributed by atoms with E-state index in [0.717, 1.165) is 45.9 Å². The molecule has 5 nitrogen and oxygen atoms in total. The van der Waals surface area contributed by atoms with Gasteiger partial charge in [0.25, 0.3) is 0 Å². The number of ether oxygens (including phenoxy) is 3. The normalized spacial score (nSPS) is 16.3. The van der Waals surface area contributed by atoms with Crippen LogP contribution in [-0.4, -0.2) is 38.7 Å². The zero-order valence-electron chi connectivity index (χ0n) is 19.4. The number of hydrogen-bond acceptors (Lipinski definition) is 5. The van der Waals surface area contributed by atoms with Gasteiger partial charge in [0, 0.05) is 18.5 Å². The first kappa shape index (κ1) is 25.8. The molecule has 2 unspecified atom stereocenters. The van der Waals surface area contributed by atoms with Gasteiger partial charge in [-0.2, -0.15) is 0 Å². The van der Waals surface area contributed by atoms with E-state index in [-0.39, 0.29) is 17.8 Å². The molecule has 0 saturated carbocycles. The minimum atomic E-state index is -0.134. The number of aliphatic imine (C=N–C) groups is 1. The van der Waals surface area contributed by atoms with Gasteiger partial charge >= 0.3 is 5.97 Å². The Morgan fingerprint density at radius 3 is 2.64 bits per heavy atom. The second-order valence-corrected chi connectivity index (χ2v) is 9.59. The van der Waals surface area contributed by atoms with E-state index in [0.29, 0.717) is 25.7 Å². The average molecular weight is 581 g/mol. The molecule has 178 valence electrons. The predicted molar refractivity (Wildman–Crippen MR) is 138 cm³/mol. The molecule has 0 heterocycles. The molecule has 0 radical (unpaired) electrons. The van der Waals surface area contributed by atoms with Gasteiger partial charge in [-0.15, -0.1) is 0 Å². The van der Waals surface area contributed by atoms with Crippen molar-refractivity contribution in [3.8, 4) is 5.75 Å². The van der Waals surface area contributed by atoms with Gasteiger partial charge in [0.15, 0.2) is 0 Å². The van der Waals surface area contributed by atoms with E-state index in [2.05, 4.69) is 42.9 Å². The monoisotopic (exact) mass is 579 g/mol. The maximum absolute atomic E-state index is 12.3. The first-order chi connectivity index (χ1) is 16.0. The molecule has 7 heteroatoms. The number of carbonyl (C=O) groups excluding carboxylic acids is 1. The Hall–Kier alpha value is -1.86. The number of methoxy groups -OCH3 is 1. The van der Waals surface area contributed by atoms with Crippen LogP contribution >= 0.6 is 31.9 Å². The Kier molecular flexibility index (Phi) is 9.80. The van der Waals surface area contributed by atoms with Gasteiger partial charge in [-0.3, -0.25) is 9.79 Å². The van der Waals surface area contributed by atoms with Crippen molar-refractivity contribution in [3.05, 3.63) is 62.0 Å². The van der Waals surface area contributed by atoms with E-state index in [9.17, 15) is 4.79 Å². The number of nitrogens with zero attached hydrogens (tertiary/aromatic N) is 1. The lowest BCUT2D eigenvalue weighted by atomic mass is 9.85. The van der Waals surface area contributed by atoms with E-state index in [4.69, 9.17) is 14.2 Å². The summed E-state index contributed by atoms with van der Waals surface area (Å²) in [6, 6.07) is 12.1. The molecule has 2 aromatic carbocycles.